The highest BCUT2D eigenvalue weighted by atomic mass is 32.2. The first-order valence-corrected chi connectivity index (χ1v) is 11.0. The number of carbonyl (C=O) groups excluding carboxylic acids is 1. The molecular formula is C20H22N4O3S. The van der Waals surface area contributed by atoms with Gasteiger partial charge in [0.1, 0.15) is 5.82 Å². The van der Waals surface area contributed by atoms with E-state index in [4.69, 9.17) is 0 Å². The molecule has 1 atom stereocenters. The van der Waals surface area contributed by atoms with Gasteiger partial charge in [-0.15, -0.1) is 0 Å². The molecule has 1 aromatic carbocycles. The van der Waals surface area contributed by atoms with Gasteiger partial charge in [0.2, 0.25) is 5.91 Å². The number of aromatic amines is 1. The summed E-state index contributed by atoms with van der Waals surface area (Å²) in [6.07, 6.45) is 4.34. The lowest BCUT2D eigenvalue weighted by atomic mass is 10.1. The Balaban J connectivity index is 1.39. The molecule has 1 aliphatic heterocycles. The van der Waals surface area contributed by atoms with Crippen molar-refractivity contribution in [1.29, 1.82) is 0 Å². The van der Waals surface area contributed by atoms with Gasteiger partial charge in [0.05, 0.1) is 29.8 Å². The van der Waals surface area contributed by atoms with E-state index in [1.165, 1.54) is 0 Å². The Morgan fingerprint density at radius 1 is 1.29 bits per heavy atom. The number of nitrogens with one attached hydrogen (secondary N) is 2. The third-order valence-corrected chi connectivity index (χ3v) is 6.93. The number of para-hydroxylation sites is 1. The monoisotopic (exact) mass is 398 g/mol. The van der Waals surface area contributed by atoms with Crippen molar-refractivity contribution in [3.63, 3.8) is 0 Å². The first kappa shape index (κ1) is 18.5. The molecule has 7 nitrogen and oxygen atoms in total. The van der Waals surface area contributed by atoms with E-state index >= 15 is 0 Å². The molecule has 146 valence electrons. The molecule has 8 heteroatoms. The van der Waals surface area contributed by atoms with Gasteiger partial charge in [-0.1, -0.05) is 18.2 Å². The highest BCUT2D eigenvalue weighted by molar-refractivity contribution is 7.91. The fourth-order valence-corrected chi connectivity index (χ4v) is 5.37. The number of nitrogens with zero attached hydrogens (tertiary/aromatic N) is 2. The molecular weight excluding hydrogens is 376 g/mol. The summed E-state index contributed by atoms with van der Waals surface area (Å²) in [5.74, 6) is 0.962. The molecule has 3 heterocycles. The largest absolute Gasteiger partial charge is 0.361 e. The number of fused-ring (bicyclic) bond motifs is 1. The van der Waals surface area contributed by atoms with Gasteiger partial charge in [-0.3, -0.25) is 4.79 Å². The Labute approximate surface area is 163 Å². The zero-order valence-electron chi connectivity index (χ0n) is 15.6. The van der Waals surface area contributed by atoms with Crippen LogP contribution in [0.2, 0.25) is 0 Å². The minimum Gasteiger partial charge on any atom is -0.361 e. The molecule has 28 heavy (non-hydrogen) atoms. The Morgan fingerprint density at radius 3 is 2.82 bits per heavy atom. The van der Waals surface area contributed by atoms with Crippen molar-refractivity contribution in [3.8, 4) is 0 Å². The number of hydrogen-bond acceptors (Lipinski definition) is 5. The second-order valence-corrected chi connectivity index (χ2v) is 9.39. The standard InChI is InChI=1S/C20H22N4O3S/c1-24(16-8-9-28(26,27)13-16)19-7-6-15(12-22-19)23-20(25)10-14-11-21-18-5-3-2-4-17(14)18/h2-7,11-12,16,21H,8-10,13H2,1H3,(H,23,25). The molecule has 4 rings (SSSR count). The first-order valence-electron chi connectivity index (χ1n) is 9.15. The molecule has 0 bridgehead atoms. The van der Waals surface area contributed by atoms with Crippen molar-refractivity contribution in [3.05, 3.63) is 54.4 Å². The number of hydrogen-bond donors (Lipinski definition) is 2. The zero-order valence-corrected chi connectivity index (χ0v) is 16.4. The van der Waals surface area contributed by atoms with Crippen LogP contribution in [0, 0.1) is 0 Å². The van der Waals surface area contributed by atoms with Gasteiger partial charge in [0.25, 0.3) is 0 Å². The van der Waals surface area contributed by atoms with Gasteiger partial charge in [-0.05, 0) is 30.2 Å². The summed E-state index contributed by atoms with van der Waals surface area (Å²) in [5, 5.41) is 3.90. The van der Waals surface area contributed by atoms with E-state index in [0.717, 1.165) is 16.5 Å². The van der Waals surface area contributed by atoms with Crippen molar-refractivity contribution >= 4 is 38.2 Å². The third-order valence-electron chi connectivity index (χ3n) is 5.18. The van der Waals surface area contributed by atoms with Crippen LogP contribution in [0.25, 0.3) is 10.9 Å². The van der Waals surface area contributed by atoms with E-state index in [0.29, 0.717) is 17.9 Å². The van der Waals surface area contributed by atoms with Crippen LogP contribution >= 0.6 is 0 Å². The minimum atomic E-state index is -2.94. The average molecular weight is 398 g/mol. The number of anilines is 2. The van der Waals surface area contributed by atoms with Gasteiger partial charge in [-0.2, -0.15) is 0 Å². The van der Waals surface area contributed by atoms with E-state index in [1.54, 1.807) is 18.3 Å². The maximum atomic E-state index is 12.4. The molecule has 1 saturated heterocycles. The number of benzene rings is 1. The van der Waals surface area contributed by atoms with Crippen LogP contribution in [0.15, 0.2) is 48.8 Å². The Hall–Kier alpha value is -2.87. The van der Waals surface area contributed by atoms with Crippen molar-refractivity contribution < 1.29 is 13.2 Å². The smallest absolute Gasteiger partial charge is 0.228 e. The van der Waals surface area contributed by atoms with E-state index < -0.39 is 9.84 Å². The molecule has 2 aromatic heterocycles. The van der Waals surface area contributed by atoms with E-state index in [-0.39, 0.29) is 29.9 Å². The van der Waals surface area contributed by atoms with Crippen LogP contribution in [0.3, 0.4) is 0 Å². The molecule has 1 fully saturated rings. The molecule has 0 aliphatic carbocycles. The quantitative estimate of drug-likeness (QED) is 0.688. The zero-order chi connectivity index (χ0) is 19.7. The molecule has 0 spiro atoms. The number of H-pyrrole nitrogens is 1. The summed E-state index contributed by atoms with van der Waals surface area (Å²) < 4.78 is 23.3. The molecule has 1 aliphatic rings. The van der Waals surface area contributed by atoms with Crippen molar-refractivity contribution in [2.24, 2.45) is 0 Å². The van der Waals surface area contributed by atoms with Crippen LogP contribution in [0.1, 0.15) is 12.0 Å². The Morgan fingerprint density at radius 2 is 2.11 bits per heavy atom. The van der Waals surface area contributed by atoms with Crippen LogP contribution in [0.5, 0.6) is 0 Å². The summed E-state index contributed by atoms with van der Waals surface area (Å²) in [6.45, 7) is 0. The average Bonchev–Trinajstić information content (AvgIpc) is 3.25. The van der Waals surface area contributed by atoms with Crippen molar-refractivity contribution in [1.82, 2.24) is 9.97 Å². The van der Waals surface area contributed by atoms with Crippen LogP contribution < -0.4 is 10.2 Å². The lowest BCUT2D eigenvalue weighted by Crippen LogP contribution is -2.33. The number of aromatic nitrogens is 2. The number of rotatable bonds is 5. The van der Waals surface area contributed by atoms with E-state index in [2.05, 4.69) is 15.3 Å². The lowest BCUT2D eigenvalue weighted by molar-refractivity contribution is -0.115. The molecule has 0 radical (unpaired) electrons. The highest BCUT2D eigenvalue weighted by Crippen LogP contribution is 2.23. The number of sulfone groups is 1. The number of amides is 1. The fourth-order valence-electron chi connectivity index (χ4n) is 3.59. The second-order valence-electron chi connectivity index (χ2n) is 7.16. The topological polar surface area (TPSA) is 95.2 Å². The summed E-state index contributed by atoms with van der Waals surface area (Å²) in [7, 11) is -1.09. The number of carbonyl (C=O) groups is 1. The van der Waals surface area contributed by atoms with E-state index in [9.17, 15) is 13.2 Å². The summed E-state index contributed by atoms with van der Waals surface area (Å²) >= 11 is 0. The SMILES string of the molecule is CN(c1ccc(NC(=O)Cc2c[nH]c3ccccc23)cn1)C1CCS(=O)(=O)C1. The van der Waals surface area contributed by atoms with Gasteiger partial charge >= 0.3 is 0 Å². The Kier molecular flexibility index (Phi) is 4.80. The normalized spacial score (nSPS) is 18.2. The summed E-state index contributed by atoms with van der Waals surface area (Å²) in [4.78, 5) is 21.8. The van der Waals surface area contributed by atoms with Gasteiger partial charge in [0, 0.05) is 30.2 Å². The second kappa shape index (κ2) is 7.27. The molecule has 2 N–H and O–H groups in total. The lowest BCUT2D eigenvalue weighted by Gasteiger charge is -2.24. The Bertz CT molecular complexity index is 1110. The van der Waals surface area contributed by atoms with E-state index in [1.807, 2.05) is 42.4 Å². The van der Waals surface area contributed by atoms with Crippen LogP contribution in [0.4, 0.5) is 11.5 Å². The summed E-state index contributed by atoms with van der Waals surface area (Å²) in [6, 6.07) is 11.4. The summed E-state index contributed by atoms with van der Waals surface area (Å²) in [5.41, 5.74) is 2.56. The van der Waals surface area contributed by atoms with Gasteiger partial charge in [-0.25, -0.2) is 13.4 Å². The predicted molar refractivity (Wildman–Crippen MR) is 110 cm³/mol. The molecule has 1 amide bonds. The highest BCUT2D eigenvalue weighted by Gasteiger charge is 2.31. The van der Waals surface area contributed by atoms with Crippen molar-refractivity contribution in [2.75, 3.05) is 28.8 Å². The predicted octanol–water partition coefficient (Wildman–Crippen LogP) is 2.37. The van der Waals surface area contributed by atoms with Gasteiger partial charge < -0.3 is 15.2 Å². The van der Waals surface area contributed by atoms with Crippen LogP contribution in [-0.2, 0) is 21.1 Å². The first-order chi connectivity index (χ1) is 13.4. The van der Waals surface area contributed by atoms with Crippen LogP contribution in [-0.4, -0.2) is 48.9 Å². The molecule has 0 saturated carbocycles. The fraction of sp³-hybridized carbons (Fsp3) is 0.300. The molecule has 3 aromatic rings. The van der Waals surface area contributed by atoms with Crippen molar-refractivity contribution in [2.45, 2.75) is 18.9 Å². The maximum Gasteiger partial charge on any atom is 0.228 e. The minimum absolute atomic E-state index is 0.0557. The van der Waals surface area contributed by atoms with Gasteiger partial charge in [0.15, 0.2) is 9.84 Å². The number of pyridine rings is 1. The molecule has 1 unspecified atom stereocenters. The third kappa shape index (κ3) is 3.87. The maximum absolute atomic E-state index is 12.4.